The first-order valence-electron chi connectivity index (χ1n) is 9.53. The zero-order valence-corrected chi connectivity index (χ0v) is 15.4. The van der Waals surface area contributed by atoms with Crippen LogP contribution < -0.4 is 9.62 Å². The number of nitrogens with one attached hydrogen (secondary N) is 1. The van der Waals surface area contributed by atoms with Gasteiger partial charge < -0.3 is 4.90 Å². The second-order valence-electron chi connectivity index (χ2n) is 7.55. The Kier molecular flexibility index (Phi) is 4.58. The van der Waals surface area contributed by atoms with Gasteiger partial charge >= 0.3 is 0 Å². The van der Waals surface area contributed by atoms with Crippen molar-refractivity contribution in [2.45, 2.75) is 75.1 Å². The van der Waals surface area contributed by atoms with Crippen molar-refractivity contribution >= 4 is 21.6 Å². The number of hydrogen-bond donors (Lipinski definition) is 1. The molecular weight excluding hydrogens is 336 g/mol. The van der Waals surface area contributed by atoms with Crippen molar-refractivity contribution < 1.29 is 13.2 Å². The Morgan fingerprint density at radius 3 is 2.32 bits per heavy atom. The van der Waals surface area contributed by atoms with Crippen LogP contribution in [0.5, 0.6) is 0 Å². The lowest BCUT2D eigenvalue weighted by Gasteiger charge is -2.35. The van der Waals surface area contributed by atoms with E-state index in [1.54, 1.807) is 12.1 Å². The van der Waals surface area contributed by atoms with Crippen molar-refractivity contribution in [3.05, 3.63) is 23.3 Å². The number of anilines is 1. The second-order valence-corrected chi connectivity index (χ2v) is 9.26. The molecule has 1 aliphatic carbocycles. The summed E-state index contributed by atoms with van der Waals surface area (Å²) in [4.78, 5) is 14.4. The second kappa shape index (κ2) is 6.72. The number of benzene rings is 1. The van der Waals surface area contributed by atoms with Gasteiger partial charge in [0.05, 0.1) is 10.6 Å². The van der Waals surface area contributed by atoms with Crippen molar-refractivity contribution in [3.63, 3.8) is 0 Å². The summed E-state index contributed by atoms with van der Waals surface area (Å²) >= 11 is 0. The Labute approximate surface area is 149 Å². The van der Waals surface area contributed by atoms with Crippen LogP contribution in [0, 0.1) is 0 Å². The topological polar surface area (TPSA) is 66.5 Å². The largest absolute Gasteiger partial charge is 0.312 e. The van der Waals surface area contributed by atoms with Crippen LogP contribution in [0.15, 0.2) is 17.0 Å². The van der Waals surface area contributed by atoms with Crippen LogP contribution in [0.3, 0.4) is 0 Å². The van der Waals surface area contributed by atoms with Gasteiger partial charge in [-0.3, -0.25) is 4.79 Å². The Morgan fingerprint density at radius 2 is 1.60 bits per heavy atom. The fourth-order valence-corrected chi connectivity index (χ4v) is 5.87. The quantitative estimate of drug-likeness (QED) is 0.841. The molecule has 0 radical (unpaired) electrons. The molecule has 1 aromatic rings. The summed E-state index contributed by atoms with van der Waals surface area (Å²) in [5, 5.41) is 0. The highest BCUT2D eigenvalue weighted by molar-refractivity contribution is 7.89. The van der Waals surface area contributed by atoms with Gasteiger partial charge in [0, 0.05) is 19.0 Å². The molecule has 25 heavy (non-hydrogen) atoms. The number of hydrogen-bond acceptors (Lipinski definition) is 3. The molecule has 136 valence electrons. The molecule has 1 aromatic carbocycles. The van der Waals surface area contributed by atoms with Crippen molar-refractivity contribution in [1.29, 1.82) is 0 Å². The lowest BCUT2D eigenvalue weighted by molar-refractivity contribution is -0.119. The van der Waals surface area contributed by atoms with E-state index in [0.717, 1.165) is 61.9 Å². The van der Waals surface area contributed by atoms with E-state index in [0.29, 0.717) is 17.7 Å². The van der Waals surface area contributed by atoms with E-state index >= 15 is 0 Å². The van der Waals surface area contributed by atoms with E-state index in [2.05, 4.69) is 4.72 Å². The van der Waals surface area contributed by atoms with Gasteiger partial charge in [-0.15, -0.1) is 0 Å². The summed E-state index contributed by atoms with van der Waals surface area (Å²) < 4.78 is 28.8. The maximum absolute atomic E-state index is 12.9. The molecule has 1 saturated carbocycles. The van der Waals surface area contributed by atoms with Gasteiger partial charge in [0.1, 0.15) is 0 Å². The van der Waals surface area contributed by atoms with E-state index in [1.807, 2.05) is 4.90 Å². The third-order valence-electron chi connectivity index (χ3n) is 5.74. The van der Waals surface area contributed by atoms with E-state index in [-0.39, 0.29) is 11.9 Å². The number of carbonyl (C=O) groups is 1. The maximum atomic E-state index is 12.9. The molecular formula is C19H26N2O3S. The first-order valence-corrected chi connectivity index (χ1v) is 11.0. The molecule has 5 nitrogen and oxygen atoms in total. The smallest absolute Gasteiger partial charge is 0.240 e. The summed E-state index contributed by atoms with van der Waals surface area (Å²) in [6.45, 7) is 0.755. The minimum atomic E-state index is -3.50. The number of rotatable bonds is 3. The third-order valence-corrected chi connectivity index (χ3v) is 7.24. The fourth-order valence-electron chi connectivity index (χ4n) is 4.46. The van der Waals surface area contributed by atoms with E-state index in [1.165, 1.54) is 12.8 Å². The summed E-state index contributed by atoms with van der Waals surface area (Å²) in [5.41, 5.74) is 3.01. The summed E-state index contributed by atoms with van der Waals surface area (Å²) in [6.07, 6.45) is 9.32. The number of carbonyl (C=O) groups excluding carboxylic acids is 1. The molecule has 1 fully saturated rings. The molecule has 0 bridgehead atoms. The number of aryl methyl sites for hydroxylation is 2. The zero-order chi connectivity index (χ0) is 17.4. The van der Waals surface area contributed by atoms with Gasteiger partial charge in [0.2, 0.25) is 15.9 Å². The molecule has 2 aliphatic heterocycles. The van der Waals surface area contributed by atoms with E-state index in [9.17, 15) is 13.2 Å². The molecule has 2 heterocycles. The lowest BCUT2D eigenvalue weighted by atomic mass is 9.92. The van der Waals surface area contributed by atoms with Crippen molar-refractivity contribution in [2.75, 3.05) is 11.4 Å². The molecule has 0 spiro atoms. The zero-order valence-electron chi connectivity index (χ0n) is 14.6. The SMILES string of the molecule is O=C1CCc2cc(S(=O)(=O)NC3CCCCCC3)cc3c2N1CCC3. The highest BCUT2D eigenvalue weighted by atomic mass is 32.2. The van der Waals surface area contributed by atoms with Crippen LogP contribution in [0.1, 0.15) is 62.5 Å². The van der Waals surface area contributed by atoms with Crippen LogP contribution in [0.25, 0.3) is 0 Å². The number of sulfonamides is 1. The minimum Gasteiger partial charge on any atom is -0.312 e. The van der Waals surface area contributed by atoms with Crippen LogP contribution in [-0.4, -0.2) is 26.9 Å². The Morgan fingerprint density at radius 1 is 0.920 bits per heavy atom. The Hall–Kier alpha value is -1.40. The van der Waals surface area contributed by atoms with Gasteiger partial charge in [0.15, 0.2) is 0 Å². The first-order chi connectivity index (χ1) is 12.0. The van der Waals surface area contributed by atoms with Crippen LogP contribution in [-0.2, 0) is 27.7 Å². The van der Waals surface area contributed by atoms with Crippen LogP contribution in [0.2, 0.25) is 0 Å². The van der Waals surface area contributed by atoms with Gasteiger partial charge in [-0.2, -0.15) is 0 Å². The maximum Gasteiger partial charge on any atom is 0.240 e. The predicted octanol–water partition coefficient (Wildman–Crippen LogP) is 2.91. The van der Waals surface area contributed by atoms with E-state index < -0.39 is 10.0 Å². The van der Waals surface area contributed by atoms with E-state index in [4.69, 9.17) is 0 Å². The average molecular weight is 362 g/mol. The minimum absolute atomic E-state index is 0.0537. The standard InChI is InChI=1S/C19H26N2O3S/c22-18-10-9-15-13-17(12-14-6-5-11-21(18)19(14)15)25(23,24)20-16-7-3-1-2-4-8-16/h12-13,16,20H,1-11H2. The summed E-state index contributed by atoms with van der Waals surface area (Å²) in [5.74, 6) is 0.167. The molecule has 0 atom stereocenters. The van der Waals surface area contributed by atoms with Crippen molar-refractivity contribution in [1.82, 2.24) is 4.72 Å². The fraction of sp³-hybridized carbons (Fsp3) is 0.632. The van der Waals surface area contributed by atoms with Gasteiger partial charge in [-0.1, -0.05) is 25.7 Å². The number of nitrogens with zero attached hydrogens (tertiary/aromatic N) is 1. The lowest BCUT2D eigenvalue weighted by Crippen LogP contribution is -2.40. The van der Waals surface area contributed by atoms with Gasteiger partial charge in [-0.05, 0) is 55.4 Å². The summed E-state index contributed by atoms with van der Waals surface area (Å²) in [7, 11) is -3.50. The Bertz CT molecular complexity index is 763. The average Bonchev–Trinajstić information content (AvgIpc) is 2.86. The van der Waals surface area contributed by atoms with Gasteiger partial charge in [-0.25, -0.2) is 13.1 Å². The molecule has 4 rings (SSSR count). The normalized spacial score (nSPS) is 21.8. The van der Waals surface area contributed by atoms with Crippen molar-refractivity contribution in [3.8, 4) is 0 Å². The molecule has 6 heteroatoms. The summed E-state index contributed by atoms with van der Waals surface area (Å²) in [6, 6.07) is 3.64. The molecule has 3 aliphatic rings. The molecule has 0 saturated heterocycles. The highest BCUT2D eigenvalue weighted by Gasteiger charge is 2.31. The monoisotopic (exact) mass is 362 g/mol. The Balaban J connectivity index is 1.65. The third kappa shape index (κ3) is 3.34. The molecule has 0 aromatic heterocycles. The van der Waals surface area contributed by atoms with Crippen LogP contribution in [0.4, 0.5) is 5.69 Å². The number of amides is 1. The molecule has 1 amide bonds. The predicted molar refractivity (Wildman–Crippen MR) is 97.2 cm³/mol. The first kappa shape index (κ1) is 17.0. The molecule has 0 unspecified atom stereocenters. The highest BCUT2D eigenvalue weighted by Crippen LogP contribution is 2.37. The van der Waals surface area contributed by atoms with Gasteiger partial charge in [0.25, 0.3) is 0 Å². The van der Waals surface area contributed by atoms with Crippen LogP contribution >= 0.6 is 0 Å². The van der Waals surface area contributed by atoms with Crippen molar-refractivity contribution in [2.24, 2.45) is 0 Å². The molecule has 1 N–H and O–H groups in total.